The number of hydrogen-bond donors (Lipinski definition) is 1. The summed E-state index contributed by atoms with van der Waals surface area (Å²) in [4.78, 5) is 4.39. The highest BCUT2D eigenvalue weighted by Gasteiger charge is 2.24. The van der Waals surface area contributed by atoms with Gasteiger partial charge >= 0.3 is 0 Å². The molecule has 0 spiro atoms. The van der Waals surface area contributed by atoms with E-state index < -0.39 is 10.0 Å². The molecule has 0 aromatic carbocycles. The molecule has 0 amide bonds. The van der Waals surface area contributed by atoms with Crippen LogP contribution in [-0.4, -0.2) is 23.0 Å². The normalized spacial score (nSPS) is 12.1. The molecule has 0 aliphatic heterocycles. The third-order valence-electron chi connectivity index (χ3n) is 3.14. The fourth-order valence-electron chi connectivity index (χ4n) is 2.20. The van der Waals surface area contributed by atoms with Crippen molar-refractivity contribution in [2.75, 3.05) is 0 Å². The largest absolute Gasteiger partial charge is 0.360 e. The first kappa shape index (κ1) is 15.0. The van der Waals surface area contributed by atoms with Crippen molar-refractivity contribution >= 4 is 27.3 Å². The smallest absolute Gasteiger partial charge is 0.246 e. The van der Waals surface area contributed by atoms with E-state index in [1.54, 1.807) is 42.8 Å². The zero-order chi connectivity index (χ0) is 15.9. The van der Waals surface area contributed by atoms with Crippen LogP contribution in [0.1, 0.15) is 17.1 Å². The SMILES string of the molecule is Cc1noc(C)c1S(=O)(=O)NCc1cn2cc(Cl)ccc2n1. The number of aromatic nitrogens is 3. The maximum atomic E-state index is 12.3. The number of rotatable bonds is 4. The second-order valence-corrected chi connectivity index (χ2v) is 6.96. The van der Waals surface area contributed by atoms with Crippen molar-refractivity contribution in [3.8, 4) is 0 Å². The van der Waals surface area contributed by atoms with Gasteiger partial charge in [0.1, 0.15) is 16.2 Å². The molecule has 3 aromatic rings. The van der Waals surface area contributed by atoms with Crippen LogP contribution in [0.25, 0.3) is 5.65 Å². The molecule has 9 heteroatoms. The monoisotopic (exact) mass is 340 g/mol. The van der Waals surface area contributed by atoms with Gasteiger partial charge in [0.2, 0.25) is 10.0 Å². The number of nitrogens with zero attached hydrogens (tertiary/aromatic N) is 3. The Hall–Kier alpha value is -1.90. The fourth-order valence-corrected chi connectivity index (χ4v) is 3.69. The number of imidazole rings is 1. The van der Waals surface area contributed by atoms with Crippen LogP contribution < -0.4 is 4.72 Å². The van der Waals surface area contributed by atoms with E-state index in [0.29, 0.717) is 22.1 Å². The maximum absolute atomic E-state index is 12.3. The summed E-state index contributed by atoms with van der Waals surface area (Å²) in [6, 6.07) is 3.48. The maximum Gasteiger partial charge on any atom is 0.246 e. The Bertz CT molecular complexity index is 926. The van der Waals surface area contributed by atoms with Crippen LogP contribution in [0, 0.1) is 13.8 Å². The Morgan fingerprint density at radius 3 is 2.77 bits per heavy atom. The quantitative estimate of drug-likeness (QED) is 0.785. The molecule has 22 heavy (non-hydrogen) atoms. The molecule has 0 radical (unpaired) electrons. The molecule has 1 N–H and O–H groups in total. The van der Waals surface area contributed by atoms with Gasteiger partial charge < -0.3 is 8.92 Å². The lowest BCUT2D eigenvalue weighted by atomic mass is 10.4. The summed E-state index contributed by atoms with van der Waals surface area (Å²) in [5, 5.41) is 4.23. The van der Waals surface area contributed by atoms with E-state index in [2.05, 4.69) is 14.9 Å². The third kappa shape index (κ3) is 2.72. The summed E-state index contributed by atoms with van der Waals surface area (Å²) in [6.45, 7) is 3.20. The first-order chi connectivity index (χ1) is 10.4. The first-order valence-corrected chi connectivity index (χ1v) is 8.28. The number of halogens is 1. The van der Waals surface area contributed by atoms with Gasteiger partial charge in [0.25, 0.3) is 0 Å². The molecule has 116 valence electrons. The zero-order valence-corrected chi connectivity index (χ0v) is 13.4. The Kier molecular flexibility index (Phi) is 3.67. The van der Waals surface area contributed by atoms with Gasteiger partial charge in [-0.15, -0.1) is 0 Å². The van der Waals surface area contributed by atoms with Gasteiger partial charge in [-0.05, 0) is 26.0 Å². The lowest BCUT2D eigenvalue weighted by Gasteiger charge is -2.03. The first-order valence-electron chi connectivity index (χ1n) is 6.42. The average molecular weight is 341 g/mol. The zero-order valence-electron chi connectivity index (χ0n) is 11.9. The standard InChI is InChI=1S/C13H13ClN4O3S/c1-8-13(9(2)21-17-8)22(19,20)15-5-11-7-18-6-10(14)3-4-12(18)16-11/h3-4,6-7,15H,5H2,1-2H3. The molecule has 0 saturated carbocycles. The summed E-state index contributed by atoms with van der Waals surface area (Å²) < 4.78 is 33.7. The van der Waals surface area contributed by atoms with Crippen molar-refractivity contribution in [2.24, 2.45) is 0 Å². The second kappa shape index (κ2) is 5.38. The molecule has 0 atom stereocenters. The van der Waals surface area contributed by atoms with E-state index in [0.717, 1.165) is 0 Å². The topological polar surface area (TPSA) is 89.5 Å². The molecule has 0 bridgehead atoms. The van der Waals surface area contributed by atoms with Crippen LogP contribution in [0.4, 0.5) is 0 Å². The van der Waals surface area contributed by atoms with E-state index in [1.807, 2.05) is 0 Å². The predicted octanol–water partition coefficient (Wildman–Crippen LogP) is 2.07. The summed E-state index contributed by atoms with van der Waals surface area (Å²) in [5.74, 6) is 0.256. The van der Waals surface area contributed by atoms with Crippen LogP contribution in [0.2, 0.25) is 5.02 Å². The predicted molar refractivity (Wildman–Crippen MR) is 80.2 cm³/mol. The Morgan fingerprint density at radius 1 is 1.32 bits per heavy atom. The molecule has 3 heterocycles. The van der Waals surface area contributed by atoms with Gasteiger partial charge in [0.05, 0.1) is 17.3 Å². The van der Waals surface area contributed by atoms with Crippen LogP contribution in [0.15, 0.2) is 33.9 Å². The van der Waals surface area contributed by atoms with Crippen molar-refractivity contribution in [3.05, 3.63) is 46.7 Å². The van der Waals surface area contributed by atoms with Crippen molar-refractivity contribution in [1.29, 1.82) is 0 Å². The highest BCUT2D eigenvalue weighted by molar-refractivity contribution is 7.89. The van der Waals surface area contributed by atoms with Gasteiger partial charge in [-0.1, -0.05) is 16.8 Å². The molecule has 0 saturated heterocycles. The molecule has 0 unspecified atom stereocenters. The van der Waals surface area contributed by atoms with E-state index in [4.69, 9.17) is 16.1 Å². The molecular weight excluding hydrogens is 328 g/mol. The van der Waals surface area contributed by atoms with Gasteiger partial charge in [-0.3, -0.25) is 0 Å². The van der Waals surface area contributed by atoms with Crippen molar-refractivity contribution < 1.29 is 12.9 Å². The summed E-state index contributed by atoms with van der Waals surface area (Å²) in [7, 11) is -3.70. The minimum absolute atomic E-state index is 0.0612. The fraction of sp³-hybridized carbons (Fsp3) is 0.231. The molecule has 3 rings (SSSR count). The number of aryl methyl sites for hydroxylation is 2. The van der Waals surface area contributed by atoms with Crippen LogP contribution in [-0.2, 0) is 16.6 Å². The number of nitrogens with one attached hydrogen (secondary N) is 1. The van der Waals surface area contributed by atoms with E-state index in [1.165, 1.54) is 0 Å². The van der Waals surface area contributed by atoms with E-state index in [-0.39, 0.29) is 17.2 Å². The summed E-state index contributed by atoms with van der Waals surface area (Å²) >= 11 is 5.90. The Morgan fingerprint density at radius 2 is 2.09 bits per heavy atom. The molecule has 7 nitrogen and oxygen atoms in total. The van der Waals surface area contributed by atoms with E-state index >= 15 is 0 Å². The molecule has 3 aromatic heterocycles. The van der Waals surface area contributed by atoms with Gasteiger partial charge in [-0.2, -0.15) is 0 Å². The highest BCUT2D eigenvalue weighted by Crippen LogP contribution is 2.19. The van der Waals surface area contributed by atoms with Crippen LogP contribution in [0.5, 0.6) is 0 Å². The third-order valence-corrected chi connectivity index (χ3v) is 5.01. The van der Waals surface area contributed by atoms with Crippen molar-refractivity contribution in [2.45, 2.75) is 25.3 Å². The number of fused-ring (bicyclic) bond motifs is 1. The van der Waals surface area contributed by atoms with E-state index in [9.17, 15) is 8.42 Å². The summed E-state index contributed by atoms with van der Waals surface area (Å²) in [6.07, 6.45) is 3.42. The second-order valence-electron chi connectivity index (χ2n) is 4.82. The molecule has 0 aliphatic carbocycles. The van der Waals surface area contributed by atoms with Gasteiger partial charge in [0, 0.05) is 12.4 Å². The molecule has 0 fully saturated rings. The van der Waals surface area contributed by atoms with Crippen LogP contribution >= 0.6 is 11.6 Å². The van der Waals surface area contributed by atoms with Gasteiger partial charge in [0.15, 0.2) is 5.76 Å². The lowest BCUT2D eigenvalue weighted by Crippen LogP contribution is -2.24. The minimum Gasteiger partial charge on any atom is -0.360 e. The molecule has 0 aliphatic rings. The van der Waals surface area contributed by atoms with Crippen LogP contribution in [0.3, 0.4) is 0 Å². The number of sulfonamides is 1. The summed E-state index contributed by atoms with van der Waals surface area (Å²) in [5.41, 5.74) is 1.60. The Balaban J connectivity index is 1.84. The number of hydrogen-bond acceptors (Lipinski definition) is 5. The van der Waals surface area contributed by atoms with Gasteiger partial charge in [-0.25, -0.2) is 18.1 Å². The minimum atomic E-state index is -3.70. The number of pyridine rings is 1. The van der Waals surface area contributed by atoms with Crippen molar-refractivity contribution in [3.63, 3.8) is 0 Å². The highest BCUT2D eigenvalue weighted by atomic mass is 35.5. The molecular formula is C13H13ClN4O3S. The van der Waals surface area contributed by atoms with Crippen molar-refractivity contribution in [1.82, 2.24) is 19.3 Å². The average Bonchev–Trinajstić information content (AvgIpc) is 2.99. The lowest BCUT2D eigenvalue weighted by molar-refractivity contribution is 0.390. The Labute approximate surface area is 132 Å².